The minimum absolute atomic E-state index is 0.138. The highest BCUT2D eigenvalue weighted by molar-refractivity contribution is 7.92. The molecule has 0 radical (unpaired) electrons. The molecule has 0 fully saturated rings. The van der Waals surface area contributed by atoms with E-state index < -0.39 is 16.1 Å². The van der Waals surface area contributed by atoms with Gasteiger partial charge >= 0.3 is 0 Å². The number of rotatable bonds is 10. The molecule has 0 aliphatic heterocycles. The van der Waals surface area contributed by atoms with E-state index in [-0.39, 0.29) is 11.9 Å². The first-order valence-electron chi connectivity index (χ1n) is 10.3. The van der Waals surface area contributed by atoms with Crippen LogP contribution in [0.25, 0.3) is 0 Å². The van der Waals surface area contributed by atoms with Crippen LogP contribution in [0.15, 0.2) is 42.5 Å². The topological polar surface area (TPSA) is 84.9 Å². The smallest absolute Gasteiger partial charge is 0.261 e. The molecule has 0 bridgehead atoms. The largest absolute Gasteiger partial charge is 0.496 e. The molecule has 8 heteroatoms. The predicted octanol–water partition coefficient (Wildman–Crippen LogP) is 3.82. The van der Waals surface area contributed by atoms with Crippen molar-refractivity contribution >= 4 is 21.6 Å². The van der Waals surface area contributed by atoms with Gasteiger partial charge in [0.15, 0.2) is 6.10 Å². The summed E-state index contributed by atoms with van der Waals surface area (Å²) in [6, 6.07) is 12.4. The van der Waals surface area contributed by atoms with Gasteiger partial charge in [-0.25, -0.2) is 8.42 Å². The number of methoxy groups -OCH3 is 1. The van der Waals surface area contributed by atoms with Crippen LogP contribution in [0, 0.1) is 6.92 Å². The fourth-order valence-electron chi connectivity index (χ4n) is 3.22. The fraction of sp³-hybridized carbons (Fsp3) is 0.435. The number of carbonyl (C=O) groups is 1. The van der Waals surface area contributed by atoms with Crippen molar-refractivity contribution in [2.24, 2.45) is 0 Å². The van der Waals surface area contributed by atoms with Crippen molar-refractivity contribution in [2.75, 3.05) is 24.7 Å². The van der Waals surface area contributed by atoms with Crippen molar-refractivity contribution < 1.29 is 22.7 Å². The van der Waals surface area contributed by atoms with Gasteiger partial charge in [0, 0.05) is 7.05 Å². The van der Waals surface area contributed by atoms with Gasteiger partial charge in [-0.15, -0.1) is 0 Å². The number of ether oxygens (including phenoxy) is 2. The van der Waals surface area contributed by atoms with E-state index in [0.717, 1.165) is 29.6 Å². The lowest BCUT2D eigenvalue weighted by Crippen LogP contribution is -2.40. The van der Waals surface area contributed by atoms with Crippen LogP contribution in [-0.4, -0.2) is 40.8 Å². The predicted molar refractivity (Wildman–Crippen MR) is 123 cm³/mol. The molecule has 1 amide bonds. The SMILES string of the molecule is CC[C@@H](Oc1ccc(N(C)S(C)(=O)=O)cc1)C(=O)N[C@H](CC)c1ccc(OC)c(C)c1. The highest BCUT2D eigenvalue weighted by Gasteiger charge is 2.22. The standard InChI is InChI=1S/C23H32N2O5S/c1-7-20(17-9-14-22(29-5)16(3)15-17)24-23(26)21(8-2)30-19-12-10-18(11-13-19)25(4)31(6,27)28/h9-15,20-21H,7-8H2,1-6H3,(H,24,26)/t20-,21-/m1/s1. The Morgan fingerprint density at radius 1 is 1.10 bits per heavy atom. The van der Waals surface area contributed by atoms with Crippen molar-refractivity contribution in [3.8, 4) is 11.5 Å². The lowest BCUT2D eigenvalue weighted by molar-refractivity contribution is -0.128. The van der Waals surface area contributed by atoms with Crippen LogP contribution >= 0.6 is 0 Å². The number of carbonyl (C=O) groups excluding carboxylic acids is 1. The summed E-state index contributed by atoms with van der Waals surface area (Å²) in [7, 11) is -0.219. The zero-order valence-corrected chi connectivity index (χ0v) is 19.8. The van der Waals surface area contributed by atoms with Gasteiger partial charge in [0.25, 0.3) is 5.91 Å². The molecular weight excluding hydrogens is 416 g/mol. The van der Waals surface area contributed by atoms with Crippen molar-refractivity contribution in [2.45, 2.75) is 45.8 Å². The molecule has 170 valence electrons. The minimum Gasteiger partial charge on any atom is -0.496 e. The van der Waals surface area contributed by atoms with Gasteiger partial charge < -0.3 is 14.8 Å². The number of benzene rings is 2. The van der Waals surface area contributed by atoms with E-state index in [1.807, 2.05) is 39.0 Å². The second-order valence-corrected chi connectivity index (χ2v) is 9.45. The van der Waals surface area contributed by atoms with Crippen molar-refractivity contribution in [3.63, 3.8) is 0 Å². The van der Waals surface area contributed by atoms with Gasteiger partial charge in [0.2, 0.25) is 10.0 Å². The van der Waals surface area contributed by atoms with Crippen LogP contribution < -0.4 is 19.1 Å². The molecule has 2 rings (SSSR count). The zero-order valence-electron chi connectivity index (χ0n) is 19.0. The first kappa shape index (κ1) is 24.5. The van der Waals surface area contributed by atoms with E-state index in [1.54, 1.807) is 31.4 Å². The van der Waals surface area contributed by atoms with E-state index in [4.69, 9.17) is 9.47 Å². The van der Waals surface area contributed by atoms with Crippen LogP contribution in [0.2, 0.25) is 0 Å². The molecule has 0 heterocycles. The lowest BCUT2D eigenvalue weighted by atomic mass is 10.0. The Bertz CT molecular complexity index is 990. The number of nitrogens with zero attached hydrogens (tertiary/aromatic N) is 1. The van der Waals surface area contributed by atoms with Gasteiger partial charge in [0.05, 0.1) is 25.1 Å². The van der Waals surface area contributed by atoms with E-state index >= 15 is 0 Å². The highest BCUT2D eigenvalue weighted by Crippen LogP contribution is 2.25. The fourth-order valence-corrected chi connectivity index (χ4v) is 3.72. The first-order valence-corrected chi connectivity index (χ1v) is 12.1. The quantitative estimate of drug-likeness (QED) is 0.597. The first-order chi connectivity index (χ1) is 14.6. The van der Waals surface area contributed by atoms with Crippen molar-refractivity contribution in [3.05, 3.63) is 53.6 Å². The van der Waals surface area contributed by atoms with Gasteiger partial charge in [-0.05, 0) is 61.2 Å². The number of sulfonamides is 1. The molecule has 0 saturated carbocycles. The third-order valence-electron chi connectivity index (χ3n) is 5.19. The van der Waals surface area contributed by atoms with Crippen molar-refractivity contribution in [1.29, 1.82) is 0 Å². The monoisotopic (exact) mass is 448 g/mol. The average Bonchev–Trinajstić information content (AvgIpc) is 2.74. The molecule has 7 nitrogen and oxygen atoms in total. The molecule has 2 aromatic rings. The second-order valence-electron chi connectivity index (χ2n) is 7.44. The zero-order chi connectivity index (χ0) is 23.2. The number of hydrogen-bond acceptors (Lipinski definition) is 5. The Labute approximate surface area is 185 Å². The highest BCUT2D eigenvalue weighted by atomic mass is 32.2. The Morgan fingerprint density at radius 2 is 1.74 bits per heavy atom. The Morgan fingerprint density at radius 3 is 2.23 bits per heavy atom. The molecule has 0 unspecified atom stereocenters. The molecule has 0 saturated heterocycles. The summed E-state index contributed by atoms with van der Waals surface area (Å²) in [4.78, 5) is 12.9. The summed E-state index contributed by atoms with van der Waals surface area (Å²) in [6.07, 6.45) is 1.71. The number of amides is 1. The maximum Gasteiger partial charge on any atom is 0.261 e. The van der Waals surface area contributed by atoms with E-state index in [9.17, 15) is 13.2 Å². The molecule has 31 heavy (non-hydrogen) atoms. The Kier molecular flexibility index (Phi) is 8.33. The van der Waals surface area contributed by atoms with Crippen LogP contribution in [0.3, 0.4) is 0 Å². The van der Waals surface area contributed by atoms with Crippen LogP contribution in [0.4, 0.5) is 5.69 Å². The summed E-state index contributed by atoms with van der Waals surface area (Å²) >= 11 is 0. The molecule has 2 aromatic carbocycles. The Balaban J connectivity index is 2.09. The minimum atomic E-state index is -3.34. The van der Waals surface area contributed by atoms with Gasteiger partial charge in [0.1, 0.15) is 11.5 Å². The number of anilines is 1. The van der Waals surface area contributed by atoms with Crippen LogP contribution in [0.5, 0.6) is 11.5 Å². The summed E-state index contributed by atoms with van der Waals surface area (Å²) < 4.78 is 35.7. The summed E-state index contributed by atoms with van der Waals surface area (Å²) in [5, 5.41) is 3.08. The molecule has 0 spiro atoms. The molecule has 2 atom stereocenters. The third kappa shape index (κ3) is 6.37. The summed E-state index contributed by atoms with van der Waals surface area (Å²) in [6.45, 7) is 5.87. The lowest BCUT2D eigenvalue weighted by Gasteiger charge is -2.23. The van der Waals surface area contributed by atoms with Crippen LogP contribution in [-0.2, 0) is 14.8 Å². The normalized spacial score (nSPS) is 13.2. The van der Waals surface area contributed by atoms with Gasteiger partial charge in [-0.3, -0.25) is 9.10 Å². The average molecular weight is 449 g/mol. The molecular formula is C23H32N2O5S. The van der Waals surface area contributed by atoms with Gasteiger partial charge in [-0.2, -0.15) is 0 Å². The molecule has 1 N–H and O–H groups in total. The maximum atomic E-state index is 12.9. The van der Waals surface area contributed by atoms with Gasteiger partial charge in [-0.1, -0.05) is 26.0 Å². The van der Waals surface area contributed by atoms with Crippen molar-refractivity contribution in [1.82, 2.24) is 5.32 Å². The van der Waals surface area contributed by atoms with E-state index in [1.165, 1.54) is 11.4 Å². The third-order valence-corrected chi connectivity index (χ3v) is 6.39. The molecule has 0 aliphatic rings. The summed E-state index contributed by atoms with van der Waals surface area (Å²) in [5.41, 5.74) is 2.54. The molecule has 0 aromatic heterocycles. The molecule has 0 aliphatic carbocycles. The van der Waals surface area contributed by atoms with Crippen LogP contribution in [0.1, 0.15) is 43.9 Å². The summed E-state index contributed by atoms with van der Waals surface area (Å²) in [5.74, 6) is 1.12. The second kappa shape index (κ2) is 10.5. The number of hydrogen-bond donors (Lipinski definition) is 1. The van der Waals surface area contributed by atoms with E-state index in [0.29, 0.717) is 17.9 Å². The number of aryl methyl sites for hydroxylation is 1. The van der Waals surface area contributed by atoms with E-state index in [2.05, 4.69) is 5.32 Å². The number of nitrogens with one attached hydrogen (secondary N) is 1. The maximum absolute atomic E-state index is 12.9. The Hall–Kier alpha value is -2.74.